The molecule has 2 aliphatic rings. The van der Waals surface area contributed by atoms with Gasteiger partial charge in [0, 0.05) is 9.92 Å². The Labute approximate surface area is 195 Å². The third kappa shape index (κ3) is 3.68. The Balaban J connectivity index is 1.52. The number of likely N-dealkylation sites (tertiary alicyclic amines) is 1. The quantitative estimate of drug-likeness (QED) is 0.388. The van der Waals surface area contributed by atoms with Gasteiger partial charge in [-0.1, -0.05) is 54.1 Å². The lowest BCUT2D eigenvalue weighted by Crippen LogP contribution is -2.36. The van der Waals surface area contributed by atoms with Crippen LogP contribution in [-0.2, 0) is 21.0 Å². The Bertz CT molecular complexity index is 1140. The van der Waals surface area contributed by atoms with Crippen molar-refractivity contribution in [2.75, 3.05) is 11.3 Å². The number of hydrogen-bond acceptors (Lipinski definition) is 5. The van der Waals surface area contributed by atoms with Gasteiger partial charge in [-0.2, -0.15) is 0 Å². The van der Waals surface area contributed by atoms with Crippen molar-refractivity contribution in [3.63, 3.8) is 0 Å². The number of hydrogen-bond donors (Lipinski definition) is 0. The van der Waals surface area contributed by atoms with Gasteiger partial charge in [0.25, 0.3) is 5.91 Å². The number of imide groups is 1. The topological polar surface area (TPSA) is 49.9 Å². The first-order chi connectivity index (χ1) is 15.6. The van der Waals surface area contributed by atoms with Crippen molar-refractivity contribution in [3.05, 3.63) is 95.0 Å². The number of hydroxylamine groups is 1. The number of fused-ring (bicyclic) bond motifs is 1. The zero-order chi connectivity index (χ0) is 22.2. The second-order valence-electron chi connectivity index (χ2n) is 7.82. The smallest absolute Gasteiger partial charge is 0.262 e. The average molecular weight is 465 g/mol. The maximum absolute atomic E-state index is 13.5. The molecule has 3 aromatic carbocycles. The summed E-state index contributed by atoms with van der Waals surface area (Å²) in [5.41, 5.74) is 2.58. The molecule has 0 aromatic heterocycles. The highest BCUT2D eigenvalue weighted by Crippen LogP contribution is 2.47. The van der Waals surface area contributed by atoms with Crippen LogP contribution in [0.5, 0.6) is 0 Å². The van der Waals surface area contributed by atoms with Gasteiger partial charge in [0.2, 0.25) is 5.91 Å². The van der Waals surface area contributed by atoms with E-state index >= 15 is 0 Å². The van der Waals surface area contributed by atoms with Gasteiger partial charge in [0.15, 0.2) is 6.10 Å². The summed E-state index contributed by atoms with van der Waals surface area (Å²) in [5, 5.41) is 2.30. The van der Waals surface area contributed by atoms with Crippen molar-refractivity contribution in [2.45, 2.75) is 23.6 Å². The van der Waals surface area contributed by atoms with Crippen molar-refractivity contribution >= 4 is 40.9 Å². The number of halogens is 1. The van der Waals surface area contributed by atoms with Crippen LogP contribution in [0.2, 0.25) is 5.02 Å². The molecule has 32 heavy (non-hydrogen) atoms. The normalized spacial score (nSPS) is 22.5. The van der Waals surface area contributed by atoms with Crippen molar-refractivity contribution in [1.82, 2.24) is 4.90 Å². The molecule has 3 aromatic rings. The molecule has 0 aliphatic carbocycles. The molecule has 5 rings (SSSR count). The second kappa shape index (κ2) is 8.62. The SMILES string of the molecule is CSc1ccc([C@H]2[C@H]3C(=O)N(Cc4ccccc4)C(=O)[C@H]3ON2c2ccc(Cl)cc2)cc1. The minimum Gasteiger partial charge on any atom is -0.275 e. The molecule has 2 amide bonds. The molecule has 2 saturated heterocycles. The van der Waals surface area contributed by atoms with Crippen LogP contribution < -0.4 is 5.06 Å². The van der Waals surface area contributed by atoms with Gasteiger partial charge >= 0.3 is 0 Å². The van der Waals surface area contributed by atoms with Crippen LogP contribution >= 0.6 is 23.4 Å². The minimum absolute atomic E-state index is 0.209. The monoisotopic (exact) mass is 464 g/mol. The molecule has 5 nitrogen and oxygen atoms in total. The van der Waals surface area contributed by atoms with E-state index in [2.05, 4.69) is 0 Å². The molecule has 162 valence electrons. The summed E-state index contributed by atoms with van der Waals surface area (Å²) in [6.45, 7) is 0.244. The first-order valence-electron chi connectivity index (χ1n) is 10.3. The molecule has 2 fully saturated rings. The first-order valence-corrected chi connectivity index (χ1v) is 11.9. The zero-order valence-electron chi connectivity index (χ0n) is 17.4. The van der Waals surface area contributed by atoms with Gasteiger partial charge in [-0.15, -0.1) is 11.8 Å². The molecular weight excluding hydrogens is 444 g/mol. The summed E-state index contributed by atoms with van der Waals surface area (Å²) in [6, 6.07) is 24.4. The average Bonchev–Trinajstić information content (AvgIpc) is 3.32. The number of rotatable bonds is 5. The Kier molecular flexibility index (Phi) is 5.67. The predicted octanol–water partition coefficient (Wildman–Crippen LogP) is 5.11. The second-order valence-corrected chi connectivity index (χ2v) is 9.14. The zero-order valence-corrected chi connectivity index (χ0v) is 18.9. The minimum atomic E-state index is -0.855. The van der Waals surface area contributed by atoms with E-state index in [0.717, 1.165) is 21.7 Å². The van der Waals surface area contributed by atoms with Gasteiger partial charge < -0.3 is 0 Å². The summed E-state index contributed by atoms with van der Waals surface area (Å²) in [6.07, 6.45) is 1.16. The maximum atomic E-state index is 13.5. The number of benzene rings is 3. The molecule has 0 unspecified atom stereocenters. The van der Waals surface area contributed by atoms with E-state index < -0.39 is 18.1 Å². The fourth-order valence-corrected chi connectivity index (χ4v) is 4.88. The van der Waals surface area contributed by atoms with Crippen molar-refractivity contribution in [1.29, 1.82) is 0 Å². The lowest BCUT2D eigenvalue weighted by atomic mass is 9.90. The molecule has 0 saturated carbocycles. The molecular formula is C25H21ClN2O3S. The van der Waals surface area contributed by atoms with Crippen molar-refractivity contribution < 1.29 is 14.4 Å². The Hall–Kier alpha value is -2.80. The summed E-state index contributed by atoms with van der Waals surface area (Å²) in [4.78, 5) is 35.4. The first kappa shape index (κ1) is 21.1. The summed E-state index contributed by atoms with van der Waals surface area (Å²) >= 11 is 7.72. The number of carbonyl (C=O) groups is 2. The molecule has 0 radical (unpaired) electrons. The van der Waals surface area contributed by atoms with Crippen LogP contribution in [0, 0.1) is 5.92 Å². The number of carbonyl (C=O) groups excluding carboxylic acids is 2. The molecule has 0 N–H and O–H groups in total. The van der Waals surface area contributed by atoms with Crippen molar-refractivity contribution in [3.8, 4) is 0 Å². The van der Waals surface area contributed by atoms with Gasteiger partial charge in [-0.05, 0) is 53.8 Å². The van der Waals surface area contributed by atoms with E-state index in [-0.39, 0.29) is 18.4 Å². The Morgan fingerprint density at radius 1 is 0.906 bits per heavy atom. The molecule has 2 aliphatic heterocycles. The van der Waals surface area contributed by atoms with Crippen LogP contribution in [0.3, 0.4) is 0 Å². The van der Waals surface area contributed by atoms with Crippen LogP contribution in [0.1, 0.15) is 17.2 Å². The summed E-state index contributed by atoms with van der Waals surface area (Å²) in [7, 11) is 0. The van der Waals surface area contributed by atoms with Crippen molar-refractivity contribution in [2.24, 2.45) is 5.92 Å². The lowest BCUT2D eigenvalue weighted by molar-refractivity contribution is -0.143. The van der Waals surface area contributed by atoms with Gasteiger partial charge in [-0.25, -0.2) is 5.06 Å². The highest BCUT2D eigenvalue weighted by atomic mass is 35.5. The van der Waals surface area contributed by atoms with Crippen LogP contribution in [0.15, 0.2) is 83.8 Å². The molecule has 0 spiro atoms. The predicted molar refractivity (Wildman–Crippen MR) is 125 cm³/mol. The number of thioether (sulfide) groups is 1. The standard InChI is InChI=1S/C25H21ClN2O3S/c1-32-20-13-7-17(8-14-20)22-21-23(31-28(22)19-11-9-18(26)10-12-19)25(30)27(24(21)29)15-16-5-3-2-4-6-16/h2-14,21-23H,15H2,1H3/t21-,22+,23+/m1/s1. The molecule has 2 heterocycles. The highest BCUT2D eigenvalue weighted by Gasteiger charge is 2.59. The van der Waals surface area contributed by atoms with E-state index in [1.54, 1.807) is 29.0 Å². The fraction of sp³-hybridized carbons (Fsp3) is 0.200. The van der Waals surface area contributed by atoms with Crippen LogP contribution in [0.4, 0.5) is 5.69 Å². The van der Waals surface area contributed by atoms with Crippen LogP contribution in [0.25, 0.3) is 0 Å². The van der Waals surface area contributed by atoms with E-state index in [4.69, 9.17) is 16.4 Å². The Morgan fingerprint density at radius 3 is 2.25 bits per heavy atom. The van der Waals surface area contributed by atoms with E-state index in [0.29, 0.717) is 5.02 Å². The number of nitrogens with zero attached hydrogens (tertiary/aromatic N) is 2. The molecule has 7 heteroatoms. The third-order valence-electron chi connectivity index (χ3n) is 5.93. The van der Waals surface area contributed by atoms with Gasteiger partial charge in [-0.3, -0.25) is 19.3 Å². The molecule has 0 bridgehead atoms. The number of amides is 2. The maximum Gasteiger partial charge on any atom is 0.262 e. The van der Waals surface area contributed by atoms with Crippen LogP contribution in [-0.4, -0.2) is 29.1 Å². The highest BCUT2D eigenvalue weighted by molar-refractivity contribution is 7.98. The van der Waals surface area contributed by atoms with E-state index in [9.17, 15) is 9.59 Å². The summed E-state index contributed by atoms with van der Waals surface area (Å²) in [5.74, 6) is -1.13. The fourth-order valence-electron chi connectivity index (χ4n) is 4.35. The van der Waals surface area contributed by atoms with Gasteiger partial charge in [0.05, 0.1) is 18.3 Å². The van der Waals surface area contributed by atoms with E-state index in [1.807, 2.05) is 73.0 Å². The Morgan fingerprint density at radius 2 is 1.59 bits per heavy atom. The number of anilines is 1. The molecule has 3 atom stereocenters. The van der Waals surface area contributed by atoms with E-state index in [1.165, 1.54) is 4.90 Å². The lowest BCUT2D eigenvalue weighted by Gasteiger charge is -2.29. The largest absolute Gasteiger partial charge is 0.275 e. The van der Waals surface area contributed by atoms with Gasteiger partial charge in [0.1, 0.15) is 5.92 Å². The summed E-state index contributed by atoms with van der Waals surface area (Å²) < 4.78 is 0. The third-order valence-corrected chi connectivity index (χ3v) is 6.92.